The SMILES string of the molecule is COc1cccc2nnc(NC(=O)Nc3ccc4c(c3)OCO4)n12. The van der Waals surface area contributed by atoms with E-state index in [2.05, 4.69) is 20.8 Å². The van der Waals surface area contributed by atoms with E-state index in [-0.39, 0.29) is 12.7 Å². The average molecular weight is 327 g/mol. The van der Waals surface area contributed by atoms with E-state index in [1.807, 2.05) is 0 Å². The number of anilines is 2. The highest BCUT2D eigenvalue weighted by Crippen LogP contribution is 2.34. The molecule has 2 aromatic heterocycles. The Balaban J connectivity index is 1.54. The number of pyridine rings is 1. The van der Waals surface area contributed by atoms with E-state index in [0.29, 0.717) is 28.7 Å². The van der Waals surface area contributed by atoms with Gasteiger partial charge in [0.1, 0.15) is 0 Å². The quantitative estimate of drug-likeness (QED) is 0.764. The zero-order chi connectivity index (χ0) is 16.5. The minimum absolute atomic E-state index is 0.177. The Kier molecular flexibility index (Phi) is 3.30. The summed E-state index contributed by atoms with van der Waals surface area (Å²) >= 11 is 0. The molecule has 0 saturated carbocycles. The Bertz CT molecular complexity index is 923. The van der Waals surface area contributed by atoms with E-state index in [4.69, 9.17) is 14.2 Å². The molecule has 0 spiro atoms. The molecular formula is C15H13N5O4. The molecular weight excluding hydrogens is 314 g/mol. The summed E-state index contributed by atoms with van der Waals surface area (Å²) in [6.45, 7) is 0.177. The largest absolute Gasteiger partial charge is 0.482 e. The van der Waals surface area contributed by atoms with Gasteiger partial charge in [0.05, 0.1) is 7.11 Å². The van der Waals surface area contributed by atoms with Gasteiger partial charge in [-0.15, -0.1) is 10.2 Å². The standard InChI is InChI=1S/C15H13N5O4/c1-22-13-4-2-3-12-18-19-14(20(12)13)17-15(21)16-9-5-6-10-11(7-9)24-8-23-10/h2-7H,8H2,1H3,(H2,16,17,19,21). The van der Waals surface area contributed by atoms with Gasteiger partial charge in [-0.05, 0) is 24.3 Å². The summed E-state index contributed by atoms with van der Waals surface area (Å²) in [5, 5.41) is 13.3. The summed E-state index contributed by atoms with van der Waals surface area (Å²) in [4.78, 5) is 12.2. The van der Waals surface area contributed by atoms with E-state index in [1.54, 1.807) is 40.8 Å². The number of benzene rings is 1. The predicted molar refractivity (Wildman–Crippen MR) is 84.7 cm³/mol. The van der Waals surface area contributed by atoms with E-state index in [0.717, 1.165) is 0 Å². The van der Waals surface area contributed by atoms with Gasteiger partial charge in [-0.1, -0.05) is 6.07 Å². The van der Waals surface area contributed by atoms with Crippen LogP contribution in [0.3, 0.4) is 0 Å². The van der Waals surface area contributed by atoms with Crippen LogP contribution in [0.15, 0.2) is 36.4 Å². The van der Waals surface area contributed by atoms with Gasteiger partial charge in [0.2, 0.25) is 18.6 Å². The molecule has 1 aromatic carbocycles. The highest BCUT2D eigenvalue weighted by molar-refractivity contribution is 5.99. The number of amides is 2. The topological polar surface area (TPSA) is 99.0 Å². The van der Waals surface area contributed by atoms with Gasteiger partial charge in [0, 0.05) is 11.8 Å². The van der Waals surface area contributed by atoms with E-state index >= 15 is 0 Å². The fourth-order valence-electron chi connectivity index (χ4n) is 2.39. The van der Waals surface area contributed by atoms with Crippen LogP contribution in [0.5, 0.6) is 17.4 Å². The van der Waals surface area contributed by atoms with E-state index < -0.39 is 6.03 Å². The zero-order valence-electron chi connectivity index (χ0n) is 12.6. The number of fused-ring (bicyclic) bond motifs is 2. The lowest BCUT2D eigenvalue weighted by Gasteiger charge is -2.08. The molecule has 9 nitrogen and oxygen atoms in total. The van der Waals surface area contributed by atoms with Crippen molar-refractivity contribution in [1.82, 2.24) is 14.6 Å². The Labute approximate surface area is 136 Å². The Morgan fingerprint density at radius 1 is 1.17 bits per heavy atom. The fraction of sp³-hybridized carbons (Fsp3) is 0.133. The van der Waals surface area contributed by atoms with Crippen LogP contribution >= 0.6 is 0 Å². The number of carbonyl (C=O) groups excluding carboxylic acids is 1. The molecule has 0 atom stereocenters. The highest BCUT2D eigenvalue weighted by atomic mass is 16.7. The third kappa shape index (κ3) is 2.41. The van der Waals surface area contributed by atoms with Crippen molar-refractivity contribution in [2.24, 2.45) is 0 Å². The summed E-state index contributed by atoms with van der Waals surface area (Å²) in [7, 11) is 1.53. The fourth-order valence-corrected chi connectivity index (χ4v) is 2.39. The minimum Gasteiger partial charge on any atom is -0.482 e. The average Bonchev–Trinajstić information content (AvgIpc) is 3.21. The Hall–Kier alpha value is -3.49. The number of hydrogen-bond acceptors (Lipinski definition) is 6. The molecule has 24 heavy (non-hydrogen) atoms. The molecule has 3 heterocycles. The van der Waals surface area contributed by atoms with Gasteiger partial charge in [-0.25, -0.2) is 9.20 Å². The molecule has 122 valence electrons. The first-order valence-corrected chi connectivity index (χ1v) is 7.10. The van der Waals surface area contributed by atoms with Crippen molar-refractivity contribution in [3.63, 3.8) is 0 Å². The Morgan fingerprint density at radius 2 is 2.04 bits per heavy atom. The lowest BCUT2D eigenvalue weighted by atomic mass is 10.3. The van der Waals surface area contributed by atoms with Crippen LogP contribution in [0, 0.1) is 0 Å². The van der Waals surface area contributed by atoms with Crippen molar-refractivity contribution < 1.29 is 19.0 Å². The predicted octanol–water partition coefficient (Wildman–Crippen LogP) is 2.11. The van der Waals surface area contributed by atoms with Crippen LogP contribution in [0.2, 0.25) is 0 Å². The monoisotopic (exact) mass is 327 g/mol. The summed E-state index contributed by atoms with van der Waals surface area (Å²) in [6, 6.07) is 9.97. The summed E-state index contributed by atoms with van der Waals surface area (Å²) in [5.74, 6) is 1.99. The molecule has 4 rings (SSSR count). The maximum absolute atomic E-state index is 12.2. The van der Waals surface area contributed by atoms with Gasteiger partial charge in [0.15, 0.2) is 17.1 Å². The number of carbonyl (C=O) groups is 1. The van der Waals surface area contributed by atoms with Crippen molar-refractivity contribution in [3.8, 4) is 17.4 Å². The summed E-state index contributed by atoms with van der Waals surface area (Å²) in [6.07, 6.45) is 0. The molecule has 2 amide bonds. The third-order valence-electron chi connectivity index (χ3n) is 3.46. The number of urea groups is 1. The summed E-state index contributed by atoms with van der Waals surface area (Å²) < 4.78 is 17.4. The lowest BCUT2D eigenvalue weighted by Crippen LogP contribution is -2.21. The number of aromatic nitrogens is 3. The lowest BCUT2D eigenvalue weighted by molar-refractivity contribution is 0.174. The second-order valence-electron chi connectivity index (χ2n) is 4.93. The third-order valence-corrected chi connectivity index (χ3v) is 3.46. The van der Waals surface area contributed by atoms with Crippen molar-refractivity contribution in [2.75, 3.05) is 24.5 Å². The highest BCUT2D eigenvalue weighted by Gasteiger charge is 2.16. The van der Waals surface area contributed by atoms with Crippen LogP contribution in [0.1, 0.15) is 0 Å². The molecule has 1 aliphatic heterocycles. The maximum Gasteiger partial charge on any atom is 0.326 e. The molecule has 0 fully saturated rings. The van der Waals surface area contributed by atoms with Crippen LogP contribution in [0.4, 0.5) is 16.4 Å². The number of hydrogen-bond donors (Lipinski definition) is 2. The van der Waals surface area contributed by atoms with Gasteiger partial charge in [-0.3, -0.25) is 5.32 Å². The van der Waals surface area contributed by atoms with Crippen LogP contribution in [-0.2, 0) is 0 Å². The van der Waals surface area contributed by atoms with Crippen molar-refractivity contribution in [3.05, 3.63) is 36.4 Å². The summed E-state index contributed by atoms with van der Waals surface area (Å²) in [5.41, 5.74) is 1.13. The molecule has 1 aliphatic rings. The van der Waals surface area contributed by atoms with Gasteiger partial charge in [-0.2, -0.15) is 0 Å². The smallest absolute Gasteiger partial charge is 0.326 e. The van der Waals surface area contributed by atoms with Gasteiger partial charge >= 0.3 is 6.03 Å². The number of ether oxygens (including phenoxy) is 3. The molecule has 9 heteroatoms. The number of nitrogens with one attached hydrogen (secondary N) is 2. The molecule has 0 aliphatic carbocycles. The second kappa shape index (κ2) is 5.61. The Morgan fingerprint density at radius 3 is 2.92 bits per heavy atom. The van der Waals surface area contributed by atoms with Crippen LogP contribution < -0.4 is 24.8 Å². The van der Waals surface area contributed by atoms with Crippen molar-refractivity contribution >= 4 is 23.3 Å². The first-order chi connectivity index (χ1) is 11.7. The first kappa shape index (κ1) is 14.1. The van der Waals surface area contributed by atoms with Crippen LogP contribution in [-0.4, -0.2) is 34.5 Å². The molecule has 0 saturated heterocycles. The van der Waals surface area contributed by atoms with Crippen molar-refractivity contribution in [1.29, 1.82) is 0 Å². The van der Waals surface area contributed by atoms with Gasteiger partial charge < -0.3 is 19.5 Å². The second-order valence-corrected chi connectivity index (χ2v) is 4.93. The molecule has 0 bridgehead atoms. The number of rotatable bonds is 3. The van der Waals surface area contributed by atoms with Crippen molar-refractivity contribution in [2.45, 2.75) is 0 Å². The van der Waals surface area contributed by atoms with Crippen LogP contribution in [0.25, 0.3) is 5.65 Å². The number of nitrogens with zero attached hydrogens (tertiary/aromatic N) is 3. The molecule has 2 N–H and O–H groups in total. The minimum atomic E-state index is -0.464. The molecule has 0 radical (unpaired) electrons. The number of methoxy groups -OCH3 is 1. The zero-order valence-corrected chi connectivity index (χ0v) is 12.6. The first-order valence-electron chi connectivity index (χ1n) is 7.10. The van der Waals surface area contributed by atoms with Gasteiger partial charge in [0.25, 0.3) is 0 Å². The molecule has 0 unspecified atom stereocenters. The maximum atomic E-state index is 12.2. The van der Waals surface area contributed by atoms with E-state index in [9.17, 15) is 4.79 Å². The van der Waals surface area contributed by atoms with E-state index in [1.165, 1.54) is 7.11 Å². The normalized spacial score (nSPS) is 12.2. The molecule has 3 aromatic rings.